The second-order valence-corrected chi connectivity index (χ2v) is 5.70. The minimum atomic E-state index is 0.823. The molecule has 2 rings (SSSR count). The Morgan fingerprint density at radius 3 is 2.79 bits per heavy atom. The molecule has 0 saturated carbocycles. The topological polar surface area (TPSA) is 19.7 Å². The molecule has 1 aliphatic rings. The third-order valence-corrected chi connectivity index (χ3v) is 4.07. The molecule has 104 valence electrons. The van der Waals surface area contributed by atoms with Crippen LogP contribution in [0.4, 0.5) is 0 Å². The van der Waals surface area contributed by atoms with Crippen molar-refractivity contribution < 1.29 is 4.90 Å². The summed E-state index contributed by atoms with van der Waals surface area (Å²) in [6, 6.07) is 8.15. The highest BCUT2D eigenvalue weighted by Gasteiger charge is 2.21. The molecule has 1 aromatic carbocycles. The molecule has 0 atom stereocenters. The predicted molar refractivity (Wildman–Crippen MR) is 83.7 cm³/mol. The Balaban J connectivity index is 1.82. The molecule has 5 heteroatoms. The highest BCUT2D eigenvalue weighted by atomic mass is 35.5. The fourth-order valence-corrected chi connectivity index (χ4v) is 2.94. The number of benzene rings is 1. The lowest BCUT2D eigenvalue weighted by atomic mass is 10.2. The molecule has 0 aliphatic carbocycles. The number of nitrogens with one attached hydrogen (secondary N) is 2. The summed E-state index contributed by atoms with van der Waals surface area (Å²) >= 11 is 11.4. The van der Waals surface area contributed by atoms with Crippen molar-refractivity contribution in [2.45, 2.75) is 13.5 Å². The van der Waals surface area contributed by atoms with E-state index in [1.807, 2.05) is 12.1 Å². The summed E-state index contributed by atoms with van der Waals surface area (Å²) in [5.74, 6) is 0. The molecule has 1 heterocycles. The normalized spacial score (nSPS) is 16.4. The van der Waals surface area contributed by atoms with Crippen LogP contribution in [0, 0.1) is 0 Å². The van der Waals surface area contributed by atoms with Gasteiger partial charge in [0.2, 0.25) is 0 Å². The molecule has 3 nitrogen and oxygen atoms in total. The summed E-state index contributed by atoms with van der Waals surface area (Å²) in [7, 11) is 0. The number of quaternary nitrogens is 1. The van der Waals surface area contributed by atoms with Gasteiger partial charge in [-0.25, -0.2) is 0 Å². The van der Waals surface area contributed by atoms with Crippen molar-refractivity contribution in [3.05, 3.63) is 34.9 Å². The van der Waals surface area contributed by atoms with E-state index in [-0.39, 0.29) is 0 Å². The summed E-state index contributed by atoms with van der Waals surface area (Å²) < 4.78 is 0. The van der Waals surface area contributed by atoms with E-state index in [4.69, 9.17) is 23.8 Å². The molecular weight excluding hydrogens is 278 g/mol. The zero-order valence-electron chi connectivity index (χ0n) is 11.3. The lowest BCUT2D eigenvalue weighted by Gasteiger charge is -2.33. The van der Waals surface area contributed by atoms with E-state index < -0.39 is 0 Å². The van der Waals surface area contributed by atoms with Gasteiger partial charge in [-0.2, -0.15) is 0 Å². The van der Waals surface area contributed by atoms with Crippen LogP contribution in [0.2, 0.25) is 5.02 Å². The monoisotopic (exact) mass is 298 g/mol. The van der Waals surface area contributed by atoms with Crippen LogP contribution in [-0.2, 0) is 6.54 Å². The highest BCUT2D eigenvalue weighted by Crippen LogP contribution is 2.09. The number of hydrogen-bond acceptors (Lipinski definition) is 1. The molecule has 0 amide bonds. The smallest absolute Gasteiger partial charge is 0.169 e. The van der Waals surface area contributed by atoms with Gasteiger partial charge in [0, 0.05) is 17.1 Å². The molecule has 0 spiro atoms. The maximum atomic E-state index is 6.02. The third kappa shape index (κ3) is 4.34. The van der Waals surface area contributed by atoms with Crippen LogP contribution < -0.4 is 10.2 Å². The SMILES string of the molecule is CCNC(=S)N1CC[NH+](Cc2cccc(Cl)c2)CC1. The predicted octanol–water partition coefficient (Wildman–Crippen LogP) is 0.935. The first-order chi connectivity index (χ1) is 9.19. The van der Waals surface area contributed by atoms with Crippen molar-refractivity contribution in [2.75, 3.05) is 32.7 Å². The summed E-state index contributed by atoms with van der Waals surface area (Å²) in [6.45, 7) is 8.32. The van der Waals surface area contributed by atoms with E-state index in [0.29, 0.717) is 0 Å². The van der Waals surface area contributed by atoms with Crippen LogP contribution in [0.15, 0.2) is 24.3 Å². The number of halogens is 1. The second kappa shape index (κ2) is 7.08. The fraction of sp³-hybridized carbons (Fsp3) is 0.500. The minimum Gasteiger partial charge on any atom is -0.363 e. The van der Waals surface area contributed by atoms with E-state index in [9.17, 15) is 0 Å². The average molecular weight is 299 g/mol. The van der Waals surface area contributed by atoms with Gasteiger partial charge in [-0.05, 0) is 31.3 Å². The van der Waals surface area contributed by atoms with Crippen molar-refractivity contribution in [1.29, 1.82) is 0 Å². The molecule has 19 heavy (non-hydrogen) atoms. The quantitative estimate of drug-likeness (QED) is 0.810. The van der Waals surface area contributed by atoms with Crippen molar-refractivity contribution in [1.82, 2.24) is 10.2 Å². The number of nitrogens with zero attached hydrogens (tertiary/aromatic N) is 1. The standard InChI is InChI=1S/C14H20ClN3S/c1-2-16-14(19)18-8-6-17(7-9-18)11-12-4-3-5-13(15)10-12/h3-5,10H,2,6-9,11H2,1H3,(H,16,19)/p+1. The fourth-order valence-electron chi connectivity index (χ4n) is 2.40. The van der Waals surface area contributed by atoms with Crippen LogP contribution in [0.1, 0.15) is 12.5 Å². The molecule has 0 unspecified atom stereocenters. The number of piperazine rings is 1. The van der Waals surface area contributed by atoms with E-state index in [1.54, 1.807) is 4.90 Å². The Hall–Kier alpha value is -0.840. The maximum absolute atomic E-state index is 6.02. The van der Waals surface area contributed by atoms with Gasteiger partial charge in [-0.1, -0.05) is 23.7 Å². The highest BCUT2D eigenvalue weighted by molar-refractivity contribution is 7.80. The Bertz CT molecular complexity index is 430. The summed E-state index contributed by atoms with van der Waals surface area (Å²) in [4.78, 5) is 3.86. The van der Waals surface area contributed by atoms with Crippen LogP contribution in [-0.4, -0.2) is 42.7 Å². The van der Waals surface area contributed by atoms with Gasteiger partial charge in [0.15, 0.2) is 5.11 Å². The average Bonchev–Trinajstić information content (AvgIpc) is 2.40. The maximum Gasteiger partial charge on any atom is 0.169 e. The van der Waals surface area contributed by atoms with Gasteiger partial charge in [0.25, 0.3) is 0 Å². The van der Waals surface area contributed by atoms with Gasteiger partial charge in [0.05, 0.1) is 26.2 Å². The molecule has 1 aromatic rings. The minimum absolute atomic E-state index is 0.823. The van der Waals surface area contributed by atoms with E-state index in [1.165, 1.54) is 5.56 Å². The molecule has 0 bridgehead atoms. The number of rotatable bonds is 3. The van der Waals surface area contributed by atoms with Gasteiger partial charge in [0.1, 0.15) is 6.54 Å². The Morgan fingerprint density at radius 1 is 1.42 bits per heavy atom. The van der Waals surface area contributed by atoms with E-state index in [2.05, 4.69) is 29.3 Å². The van der Waals surface area contributed by atoms with Crippen LogP contribution >= 0.6 is 23.8 Å². The zero-order valence-corrected chi connectivity index (χ0v) is 12.9. The van der Waals surface area contributed by atoms with Gasteiger partial charge in [-0.15, -0.1) is 0 Å². The Labute approximate surface area is 125 Å². The molecule has 1 fully saturated rings. The van der Waals surface area contributed by atoms with Crippen LogP contribution in [0.5, 0.6) is 0 Å². The van der Waals surface area contributed by atoms with Crippen LogP contribution in [0.25, 0.3) is 0 Å². The molecule has 0 radical (unpaired) electrons. The van der Waals surface area contributed by atoms with E-state index in [0.717, 1.165) is 49.4 Å². The second-order valence-electron chi connectivity index (χ2n) is 4.88. The number of thiocarbonyl (C=S) groups is 1. The number of hydrogen-bond donors (Lipinski definition) is 2. The van der Waals surface area contributed by atoms with Crippen molar-refractivity contribution in [3.63, 3.8) is 0 Å². The van der Waals surface area contributed by atoms with Crippen LogP contribution in [0.3, 0.4) is 0 Å². The summed E-state index contributed by atoms with van der Waals surface area (Å²) in [5.41, 5.74) is 1.31. The van der Waals surface area contributed by atoms with Gasteiger partial charge >= 0.3 is 0 Å². The van der Waals surface area contributed by atoms with Crippen molar-refractivity contribution in [2.24, 2.45) is 0 Å². The van der Waals surface area contributed by atoms with Gasteiger partial charge in [-0.3, -0.25) is 0 Å². The van der Waals surface area contributed by atoms with Crippen molar-refractivity contribution >= 4 is 28.9 Å². The molecule has 2 N–H and O–H groups in total. The lowest BCUT2D eigenvalue weighted by molar-refractivity contribution is -0.917. The first-order valence-electron chi connectivity index (χ1n) is 6.80. The third-order valence-electron chi connectivity index (χ3n) is 3.43. The Morgan fingerprint density at radius 2 is 2.16 bits per heavy atom. The lowest BCUT2D eigenvalue weighted by Crippen LogP contribution is -3.13. The largest absolute Gasteiger partial charge is 0.363 e. The molecule has 0 aromatic heterocycles. The molecule has 1 saturated heterocycles. The summed E-state index contributed by atoms with van der Waals surface area (Å²) in [5, 5.41) is 4.93. The van der Waals surface area contributed by atoms with E-state index >= 15 is 0 Å². The molecular formula is C14H21ClN3S+. The first-order valence-corrected chi connectivity index (χ1v) is 7.58. The van der Waals surface area contributed by atoms with Gasteiger partial charge < -0.3 is 15.1 Å². The Kier molecular flexibility index (Phi) is 5.43. The summed E-state index contributed by atoms with van der Waals surface area (Å²) in [6.07, 6.45) is 0. The zero-order chi connectivity index (χ0) is 13.7. The first kappa shape index (κ1) is 14.6. The van der Waals surface area contributed by atoms with Crippen molar-refractivity contribution in [3.8, 4) is 0 Å². The molecule has 1 aliphatic heterocycles.